The van der Waals surface area contributed by atoms with Gasteiger partial charge in [0.1, 0.15) is 0 Å². The second kappa shape index (κ2) is 3.54. The summed E-state index contributed by atoms with van der Waals surface area (Å²) in [4.78, 5) is 1.32. The Labute approximate surface area is 33.8 Å². The molecule has 0 aliphatic rings. The Morgan fingerprint density at radius 1 is 2.00 bits per heavy atom. The topological polar surface area (TPSA) is 0 Å². The summed E-state index contributed by atoms with van der Waals surface area (Å²) in [6.07, 6.45) is 0. The standard InChI is InChI=1S/CClFGe/c2-4-1-3. The minimum atomic E-state index is -0.931. The molecule has 4 heavy (non-hydrogen) atoms. The van der Waals surface area contributed by atoms with Gasteiger partial charge >= 0.3 is 33.2 Å². The number of hydrogen-bond acceptors (Lipinski definition) is 0. The molecular formula is CClFGe. The fraction of sp³-hybridized carbons (Fsp3) is 0. The van der Waals surface area contributed by atoms with Gasteiger partial charge in [-0.1, -0.05) is 0 Å². The van der Waals surface area contributed by atoms with Gasteiger partial charge in [-0.2, -0.15) is 0 Å². The molecule has 0 fully saturated rings. The molecule has 0 rings (SSSR count). The second-order valence-electron chi connectivity index (χ2n) is 0.189. The van der Waals surface area contributed by atoms with E-state index in [2.05, 4.69) is 0 Å². The van der Waals surface area contributed by atoms with Crippen LogP contribution < -0.4 is 0 Å². The zero-order chi connectivity index (χ0) is 3.41. The molecule has 0 unspecified atom stereocenters. The van der Waals surface area contributed by atoms with E-state index in [1.165, 1.54) is 4.91 Å². The van der Waals surface area contributed by atoms with Gasteiger partial charge in [0.05, 0.1) is 0 Å². The Morgan fingerprint density at radius 3 is 2.25 bits per heavy atom. The molecule has 0 aromatic heterocycles. The van der Waals surface area contributed by atoms with Crippen LogP contribution in [0, 0.1) is 4.91 Å². The molecule has 0 aromatic rings. The first-order valence-electron chi connectivity index (χ1n) is 0.628. The van der Waals surface area contributed by atoms with Gasteiger partial charge in [0.25, 0.3) is 0 Å². The van der Waals surface area contributed by atoms with Crippen molar-refractivity contribution in [3.8, 4) is 4.91 Å². The van der Waals surface area contributed by atoms with Crippen LogP contribution in [0.15, 0.2) is 0 Å². The molecule has 0 aliphatic heterocycles. The van der Waals surface area contributed by atoms with Crippen molar-refractivity contribution in [3.63, 3.8) is 0 Å². The normalized spacial score (nSPS) is 3.50. The van der Waals surface area contributed by atoms with Gasteiger partial charge < -0.3 is 0 Å². The maximum atomic E-state index is 10.4. The summed E-state index contributed by atoms with van der Waals surface area (Å²) in [5.41, 5.74) is 0. The number of hydrogen-bond donors (Lipinski definition) is 0. The van der Waals surface area contributed by atoms with Gasteiger partial charge in [0, 0.05) is 0 Å². The summed E-state index contributed by atoms with van der Waals surface area (Å²) >= 11 is -0.931. The molecule has 3 heteroatoms. The van der Waals surface area contributed by atoms with Crippen LogP contribution in [0.2, 0.25) is 0 Å². The van der Waals surface area contributed by atoms with Gasteiger partial charge in [-0.15, -0.1) is 0 Å². The molecule has 0 aliphatic carbocycles. The molecule has 0 radical (unpaired) electrons. The molecule has 0 saturated heterocycles. The van der Waals surface area contributed by atoms with Crippen LogP contribution in [0.5, 0.6) is 0 Å². The SMILES string of the molecule is F[C]#[Ge][Cl]. The third kappa shape index (κ3) is 2.54. The Bertz CT molecular complexity index is 44.8. The average Bonchev–Trinajstić information content (AvgIpc) is 1.37. The van der Waals surface area contributed by atoms with Crippen LogP contribution in [-0.2, 0) is 0 Å². The van der Waals surface area contributed by atoms with Crippen LogP contribution in [0.3, 0.4) is 0 Å². The number of rotatable bonds is 0. The fourth-order valence-corrected chi connectivity index (χ4v) is 0. The first kappa shape index (κ1) is 4.54. The van der Waals surface area contributed by atoms with Crippen LogP contribution in [0.1, 0.15) is 0 Å². The first-order valence-corrected chi connectivity index (χ1v) is 4.43. The molecule has 0 aromatic carbocycles. The number of halogens is 2. The maximum absolute atomic E-state index is 10.4. The van der Waals surface area contributed by atoms with Gasteiger partial charge in [-0.3, -0.25) is 0 Å². The van der Waals surface area contributed by atoms with E-state index in [0.717, 1.165) is 0 Å². The van der Waals surface area contributed by atoms with Gasteiger partial charge in [0.2, 0.25) is 0 Å². The third-order valence-electron chi connectivity index (χ3n) is 0.0357. The summed E-state index contributed by atoms with van der Waals surface area (Å²) in [6, 6.07) is 0. The van der Waals surface area contributed by atoms with E-state index in [1.807, 2.05) is 0 Å². The molecule has 0 saturated carbocycles. The summed E-state index contributed by atoms with van der Waals surface area (Å²) in [7, 11) is 4.82. The predicted octanol–water partition coefficient (Wildman–Crippen LogP) is 0.731. The Kier molecular flexibility index (Phi) is 4.02. The van der Waals surface area contributed by atoms with Crippen molar-refractivity contribution in [1.29, 1.82) is 0 Å². The van der Waals surface area contributed by atoms with Gasteiger partial charge in [0.15, 0.2) is 0 Å². The van der Waals surface area contributed by atoms with Gasteiger partial charge in [-0.05, 0) is 0 Å². The van der Waals surface area contributed by atoms with E-state index in [9.17, 15) is 4.39 Å². The second-order valence-corrected chi connectivity index (χ2v) is 1.96. The molecule has 0 atom stereocenters. The summed E-state index contributed by atoms with van der Waals surface area (Å²) in [5.74, 6) is 0. The zero-order valence-corrected chi connectivity index (χ0v) is 4.61. The molecule has 0 bridgehead atoms. The van der Waals surface area contributed by atoms with E-state index in [0.29, 0.717) is 0 Å². The molecule has 22 valence electrons. The Morgan fingerprint density at radius 2 is 2.25 bits per heavy atom. The molecular weight excluding hydrogens is 139 g/mol. The van der Waals surface area contributed by atoms with Crippen LogP contribution in [0.4, 0.5) is 4.39 Å². The fourth-order valence-electron chi connectivity index (χ4n) is 0. The van der Waals surface area contributed by atoms with E-state index >= 15 is 0 Å². The van der Waals surface area contributed by atoms with Gasteiger partial charge in [-0.25, -0.2) is 0 Å². The van der Waals surface area contributed by atoms with Crippen molar-refractivity contribution >= 4 is 23.9 Å². The Balaban J connectivity index is 2.83. The summed E-state index contributed by atoms with van der Waals surface area (Å²) in [6.45, 7) is 0. The quantitative estimate of drug-likeness (QED) is 0.434. The van der Waals surface area contributed by atoms with Crippen LogP contribution >= 0.6 is 10.0 Å². The van der Waals surface area contributed by atoms with Crippen LogP contribution in [-0.4, -0.2) is 13.9 Å². The first-order chi connectivity index (χ1) is 1.91. The van der Waals surface area contributed by atoms with E-state index in [1.54, 1.807) is 0 Å². The monoisotopic (exact) mass is 140 g/mol. The Hall–Kier alpha value is 0.543. The minimum absolute atomic E-state index is 0.931. The van der Waals surface area contributed by atoms with E-state index < -0.39 is 13.9 Å². The van der Waals surface area contributed by atoms with Crippen molar-refractivity contribution in [2.75, 3.05) is 0 Å². The molecule has 0 spiro atoms. The predicted molar refractivity (Wildman–Crippen MR) is 16.6 cm³/mol. The van der Waals surface area contributed by atoms with Crippen molar-refractivity contribution in [2.45, 2.75) is 0 Å². The molecule has 0 nitrogen and oxygen atoms in total. The molecule has 0 heterocycles. The van der Waals surface area contributed by atoms with Crippen molar-refractivity contribution < 1.29 is 4.39 Å². The summed E-state index contributed by atoms with van der Waals surface area (Å²) in [5, 5.41) is 0. The van der Waals surface area contributed by atoms with Crippen LogP contribution in [0.25, 0.3) is 0 Å². The molecule has 0 amide bonds. The van der Waals surface area contributed by atoms with E-state index in [4.69, 9.17) is 10.0 Å². The third-order valence-corrected chi connectivity index (χ3v) is 0.557. The van der Waals surface area contributed by atoms with Crippen molar-refractivity contribution in [3.05, 3.63) is 0 Å². The average molecular weight is 139 g/mol. The van der Waals surface area contributed by atoms with Crippen molar-refractivity contribution in [2.24, 2.45) is 0 Å². The molecule has 0 N–H and O–H groups in total. The van der Waals surface area contributed by atoms with E-state index in [-0.39, 0.29) is 0 Å². The summed E-state index contributed by atoms with van der Waals surface area (Å²) < 4.78 is 10.4. The van der Waals surface area contributed by atoms with Crippen molar-refractivity contribution in [1.82, 2.24) is 0 Å². The zero-order valence-electron chi connectivity index (χ0n) is 1.76.